The van der Waals surface area contributed by atoms with Crippen LogP contribution in [0, 0.1) is 5.92 Å². The average molecular weight is 473 g/mol. The molecule has 1 fully saturated rings. The Kier molecular flexibility index (Phi) is 7.09. The van der Waals surface area contributed by atoms with Gasteiger partial charge in [-0.05, 0) is 12.1 Å². The van der Waals surface area contributed by atoms with Crippen LogP contribution < -0.4 is 0 Å². The molecule has 8 nitrogen and oxygen atoms in total. The van der Waals surface area contributed by atoms with Gasteiger partial charge in [0.2, 0.25) is 0 Å². The Balaban J connectivity index is 2.50. The van der Waals surface area contributed by atoms with Crippen LogP contribution in [0.2, 0.25) is 5.02 Å². The smallest absolute Gasteiger partial charge is 0.385 e. The van der Waals surface area contributed by atoms with Gasteiger partial charge >= 0.3 is 6.18 Å². The first-order chi connectivity index (χ1) is 13.6. The van der Waals surface area contributed by atoms with E-state index in [1.54, 1.807) is 0 Å². The number of carbonyl (C=O) groups is 3. The van der Waals surface area contributed by atoms with Crippen molar-refractivity contribution < 1.29 is 50.9 Å². The largest absolute Gasteiger partial charge is 0.411 e. The molecule has 2 N–H and O–H groups in total. The number of ketones is 3. The first kappa shape index (κ1) is 24.4. The van der Waals surface area contributed by atoms with Crippen molar-refractivity contribution in [1.29, 1.82) is 0 Å². The molecule has 166 valence electrons. The molecule has 2 atom stereocenters. The predicted molar refractivity (Wildman–Crippen MR) is 94.7 cm³/mol. The second-order valence-electron chi connectivity index (χ2n) is 6.65. The number of rotatable bonds is 6. The maximum atomic E-state index is 12.8. The van der Waals surface area contributed by atoms with Crippen molar-refractivity contribution in [2.75, 3.05) is 12.9 Å². The van der Waals surface area contributed by atoms with Crippen molar-refractivity contribution in [2.24, 2.45) is 5.92 Å². The van der Waals surface area contributed by atoms with E-state index in [4.69, 9.17) is 11.6 Å². The van der Waals surface area contributed by atoms with Gasteiger partial charge in [0.05, 0.1) is 16.5 Å². The maximum Gasteiger partial charge on any atom is 0.411 e. The van der Waals surface area contributed by atoms with E-state index in [9.17, 15) is 46.2 Å². The Labute approximate surface area is 173 Å². The zero-order chi connectivity index (χ0) is 23.0. The third-order valence-corrected chi connectivity index (χ3v) is 5.93. The van der Waals surface area contributed by atoms with Crippen molar-refractivity contribution in [3.8, 4) is 0 Å². The molecule has 1 aromatic rings. The van der Waals surface area contributed by atoms with E-state index >= 15 is 0 Å². The quantitative estimate of drug-likeness (QED) is 0.460. The molecular weight excluding hydrogens is 457 g/mol. The number of aliphatic hydroxyl groups is 2. The topological polar surface area (TPSA) is 135 Å². The fourth-order valence-electron chi connectivity index (χ4n) is 2.93. The van der Waals surface area contributed by atoms with Crippen molar-refractivity contribution in [3.05, 3.63) is 28.3 Å². The molecule has 1 aromatic carbocycles. The molecule has 0 aliphatic heterocycles. The number of Topliss-reactive ketones (excluding diaryl/α,β-unsaturated/α-hetero) is 3. The van der Waals surface area contributed by atoms with Crippen molar-refractivity contribution in [2.45, 2.75) is 36.3 Å². The molecule has 0 amide bonds. The van der Waals surface area contributed by atoms with Crippen LogP contribution in [0.3, 0.4) is 0 Å². The summed E-state index contributed by atoms with van der Waals surface area (Å²) >= 11 is 6.06. The lowest BCUT2D eigenvalue weighted by molar-refractivity contribution is -0.176. The highest BCUT2D eigenvalue weighted by Gasteiger charge is 2.46. The average Bonchev–Trinajstić information content (AvgIpc) is 2.59. The fraction of sp³-hybridized carbons (Fsp3) is 0.471. The number of ether oxygens (including phenoxy) is 1. The molecular formula is C17H16ClF3O8S. The van der Waals surface area contributed by atoms with Gasteiger partial charge in [-0.1, -0.05) is 11.6 Å². The summed E-state index contributed by atoms with van der Waals surface area (Å²) < 4.78 is 65.4. The summed E-state index contributed by atoms with van der Waals surface area (Å²) in [5.41, 5.74) is -1.01. The van der Waals surface area contributed by atoms with Crippen LogP contribution >= 0.6 is 11.6 Å². The summed E-state index contributed by atoms with van der Waals surface area (Å²) in [5.74, 6) is -5.67. The molecule has 0 aromatic heterocycles. The molecule has 1 saturated carbocycles. The third kappa shape index (κ3) is 5.24. The summed E-state index contributed by atoms with van der Waals surface area (Å²) in [4.78, 5) is 36.5. The Hall–Kier alpha value is -1.86. The molecule has 0 bridgehead atoms. The number of hydrogen-bond acceptors (Lipinski definition) is 8. The molecule has 13 heteroatoms. The molecule has 0 unspecified atom stereocenters. The van der Waals surface area contributed by atoms with E-state index in [0.29, 0.717) is 0 Å². The van der Waals surface area contributed by atoms with E-state index in [1.165, 1.54) is 0 Å². The van der Waals surface area contributed by atoms with Gasteiger partial charge in [0.25, 0.3) is 0 Å². The Morgan fingerprint density at radius 1 is 1.20 bits per heavy atom. The minimum absolute atomic E-state index is 0.467. The lowest BCUT2D eigenvalue weighted by Gasteiger charge is -2.26. The number of hydrogen-bond donors (Lipinski definition) is 2. The van der Waals surface area contributed by atoms with Gasteiger partial charge in [0.1, 0.15) is 24.7 Å². The van der Waals surface area contributed by atoms with E-state index in [2.05, 4.69) is 4.74 Å². The molecule has 30 heavy (non-hydrogen) atoms. The van der Waals surface area contributed by atoms with Crippen LogP contribution in [-0.4, -0.2) is 67.2 Å². The second kappa shape index (κ2) is 8.71. The number of aliphatic hydroxyl groups excluding tert-OH is 2. The molecule has 1 aliphatic carbocycles. The van der Waals surface area contributed by atoms with Crippen molar-refractivity contribution in [3.63, 3.8) is 0 Å². The highest BCUT2D eigenvalue weighted by molar-refractivity contribution is 7.90. The zero-order valence-electron chi connectivity index (χ0n) is 15.3. The molecule has 0 radical (unpaired) electrons. The van der Waals surface area contributed by atoms with E-state index in [0.717, 1.165) is 18.4 Å². The maximum absolute atomic E-state index is 12.8. The van der Waals surface area contributed by atoms with E-state index in [-0.39, 0.29) is 0 Å². The normalized spacial score (nSPS) is 23.0. The van der Waals surface area contributed by atoms with Gasteiger partial charge in [-0.25, -0.2) is 8.42 Å². The summed E-state index contributed by atoms with van der Waals surface area (Å²) in [6.45, 7) is -2.65. The Morgan fingerprint density at radius 2 is 1.73 bits per heavy atom. The third-order valence-electron chi connectivity index (χ3n) is 4.31. The molecule has 0 heterocycles. The molecule has 0 spiro atoms. The second-order valence-corrected chi connectivity index (χ2v) is 9.02. The van der Waals surface area contributed by atoms with E-state index < -0.39 is 92.2 Å². The van der Waals surface area contributed by atoms with E-state index in [1.807, 2.05) is 0 Å². The van der Waals surface area contributed by atoms with Gasteiger partial charge in [0, 0.05) is 23.8 Å². The predicted octanol–water partition coefficient (Wildman–Crippen LogP) is 0.885. The Bertz CT molecular complexity index is 969. The molecule has 1 aliphatic rings. The number of benzene rings is 1. The van der Waals surface area contributed by atoms with Crippen LogP contribution in [0.1, 0.15) is 22.3 Å². The SMILES string of the molecule is CS(=O)(=O)c1ccc(C(=O)C2C(=O)[C@H](O)C[C@@H](O)C2=O)c(Cl)c1COCC(F)(F)F. The van der Waals surface area contributed by atoms with Gasteiger partial charge in [-0.2, -0.15) is 13.2 Å². The number of carbonyl (C=O) groups excluding carboxylic acids is 3. The van der Waals surface area contributed by atoms with Crippen LogP contribution in [0.25, 0.3) is 0 Å². The summed E-state index contributed by atoms with van der Waals surface area (Å²) in [6.07, 6.45) is -8.10. The van der Waals surface area contributed by atoms with Gasteiger partial charge in [0.15, 0.2) is 27.2 Å². The lowest BCUT2D eigenvalue weighted by Crippen LogP contribution is -2.50. The van der Waals surface area contributed by atoms with Crippen LogP contribution in [0.4, 0.5) is 13.2 Å². The minimum atomic E-state index is -4.71. The summed E-state index contributed by atoms with van der Waals surface area (Å²) in [7, 11) is -4.00. The standard InChI is InChI=1S/C17H16ClF3O8S/c1-30(27,28)11-3-2-7(13(18)8(11)5-29-6-17(19,20)21)14(24)12-15(25)9(22)4-10(23)16(12)26/h2-3,9-10,12,22-23H,4-6H2,1H3/t9-,10-/m1/s1. The number of alkyl halides is 3. The highest BCUT2D eigenvalue weighted by atomic mass is 35.5. The number of sulfone groups is 1. The fourth-order valence-corrected chi connectivity index (χ4v) is 4.22. The number of halogens is 4. The minimum Gasteiger partial charge on any atom is -0.385 e. The van der Waals surface area contributed by atoms with Gasteiger partial charge in [-0.3, -0.25) is 14.4 Å². The first-order valence-electron chi connectivity index (χ1n) is 8.29. The van der Waals surface area contributed by atoms with Crippen LogP contribution in [0.5, 0.6) is 0 Å². The van der Waals surface area contributed by atoms with Gasteiger partial charge in [-0.15, -0.1) is 0 Å². The van der Waals surface area contributed by atoms with Crippen LogP contribution in [0.15, 0.2) is 17.0 Å². The summed E-state index contributed by atoms with van der Waals surface area (Å²) in [6, 6.07) is 1.77. The molecule has 2 rings (SSSR count). The Morgan fingerprint density at radius 3 is 2.20 bits per heavy atom. The zero-order valence-corrected chi connectivity index (χ0v) is 16.8. The van der Waals surface area contributed by atoms with Crippen molar-refractivity contribution in [1.82, 2.24) is 0 Å². The monoisotopic (exact) mass is 472 g/mol. The summed E-state index contributed by atoms with van der Waals surface area (Å²) in [5, 5.41) is 18.7. The van der Waals surface area contributed by atoms with Gasteiger partial charge < -0.3 is 14.9 Å². The first-order valence-corrected chi connectivity index (χ1v) is 10.6. The van der Waals surface area contributed by atoms with Crippen LogP contribution in [-0.2, 0) is 30.8 Å². The lowest BCUT2D eigenvalue weighted by atomic mass is 9.78. The molecule has 0 saturated heterocycles. The van der Waals surface area contributed by atoms with Crippen molar-refractivity contribution >= 4 is 38.8 Å². The highest BCUT2D eigenvalue weighted by Crippen LogP contribution is 2.32.